The summed E-state index contributed by atoms with van der Waals surface area (Å²) in [5.74, 6) is 1.78. The van der Waals surface area contributed by atoms with Crippen LogP contribution in [-0.2, 0) is 0 Å². The van der Waals surface area contributed by atoms with E-state index < -0.39 is 5.72 Å². The number of hydrogen-bond donors (Lipinski definition) is 3. The van der Waals surface area contributed by atoms with Gasteiger partial charge in [-0.2, -0.15) is 0 Å². The molecule has 4 rings (SSSR count). The van der Waals surface area contributed by atoms with E-state index in [1.165, 1.54) is 0 Å². The molecule has 0 radical (unpaired) electrons. The van der Waals surface area contributed by atoms with Crippen molar-refractivity contribution in [1.29, 1.82) is 0 Å². The number of hydrogen-bond acceptors (Lipinski definition) is 4. The molecule has 1 fully saturated rings. The summed E-state index contributed by atoms with van der Waals surface area (Å²) in [6.45, 7) is 4.23. The molecule has 2 aliphatic heterocycles. The van der Waals surface area contributed by atoms with Gasteiger partial charge in [-0.3, -0.25) is 0 Å². The van der Waals surface area contributed by atoms with Crippen LogP contribution in [0, 0.1) is 0 Å². The van der Waals surface area contributed by atoms with Crippen molar-refractivity contribution in [1.82, 2.24) is 10.6 Å². The summed E-state index contributed by atoms with van der Waals surface area (Å²) < 4.78 is 11.8. The Balaban J connectivity index is 1.82. The van der Waals surface area contributed by atoms with Gasteiger partial charge in [0.15, 0.2) is 10.8 Å². The highest BCUT2D eigenvalue weighted by Gasteiger charge is 2.48. The second-order valence-corrected chi connectivity index (χ2v) is 8.40. The Labute approximate surface area is 164 Å². The smallest absolute Gasteiger partial charge is 0.185 e. The van der Waals surface area contributed by atoms with Crippen LogP contribution in [0.15, 0.2) is 42.5 Å². The van der Waals surface area contributed by atoms with Gasteiger partial charge < -0.3 is 25.2 Å². The highest BCUT2D eigenvalue weighted by molar-refractivity contribution is 7.80. The lowest BCUT2D eigenvalue weighted by atomic mass is 9.77. The lowest BCUT2D eigenvalue weighted by Crippen LogP contribution is -2.69. The molecule has 1 saturated heterocycles. The predicted molar refractivity (Wildman–Crippen MR) is 108 cm³/mol. The molecule has 2 atom stereocenters. The largest absolute Gasteiger partial charge is 0.508 e. The molecule has 0 amide bonds. The molecule has 0 bridgehead atoms. The van der Waals surface area contributed by atoms with Crippen LogP contribution in [0.5, 0.6) is 17.2 Å². The topological polar surface area (TPSA) is 62.8 Å². The van der Waals surface area contributed by atoms with Crippen molar-refractivity contribution in [3.8, 4) is 17.2 Å². The number of aromatic hydroxyl groups is 1. The molecule has 6 heteroatoms. The molecule has 1 spiro atoms. The number of methoxy groups -OCH3 is 1. The zero-order chi connectivity index (χ0) is 19.2. The summed E-state index contributed by atoms with van der Waals surface area (Å²) in [6.07, 6.45) is 1.46. The fraction of sp³-hybridized carbons (Fsp3) is 0.381. The number of nitrogens with one attached hydrogen (secondary N) is 2. The van der Waals surface area contributed by atoms with Gasteiger partial charge in [0.1, 0.15) is 17.2 Å². The van der Waals surface area contributed by atoms with Crippen molar-refractivity contribution in [3.63, 3.8) is 0 Å². The minimum absolute atomic E-state index is 0.0913. The average Bonchev–Trinajstić information content (AvgIpc) is 2.58. The van der Waals surface area contributed by atoms with E-state index in [2.05, 4.69) is 36.6 Å². The first-order valence-electron chi connectivity index (χ1n) is 9.05. The molecule has 0 aromatic heterocycles. The maximum absolute atomic E-state index is 10.0. The molecule has 3 N–H and O–H groups in total. The Bertz CT molecular complexity index is 899. The van der Waals surface area contributed by atoms with Crippen molar-refractivity contribution in [3.05, 3.63) is 53.6 Å². The van der Waals surface area contributed by atoms with E-state index in [0.29, 0.717) is 10.9 Å². The van der Waals surface area contributed by atoms with Gasteiger partial charge in [-0.1, -0.05) is 18.2 Å². The number of ether oxygens (including phenoxy) is 2. The third-order valence-electron chi connectivity index (χ3n) is 5.23. The minimum atomic E-state index is -0.639. The zero-order valence-corrected chi connectivity index (χ0v) is 16.5. The summed E-state index contributed by atoms with van der Waals surface area (Å²) in [6, 6.07) is 13.4. The molecule has 2 aromatic carbocycles. The predicted octanol–water partition coefficient (Wildman–Crippen LogP) is 3.66. The number of thiocarbonyl (C=S) groups is 1. The molecule has 2 heterocycles. The molecule has 27 heavy (non-hydrogen) atoms. The van der Waals surface area contributed by atoms with Gasteiger partial charge in [0, 0.05) is 35.9 Å². The Hall–Kier alpha value is -2.47. The maximum Gasteiger partial charge on any atom is 0.185 e. The van der Waals surface area contributed by atoms with Crippen molar-refractivity contribution in [2.45, 2.75) is 43.9 Å². The van der Waals surface area contributed by atoms with Crippen molar-refractivity contribution < 1.29 is 14.6 Å². The summed E-state index contributed by atoms with van der Waals surface area (Å²) in [7, 11) is 1.67. The van der Waals surface area contributed by atoms with Gasteiger partial charge >= 0.3 is 0 Å². The quantitative estimate of drug-likeness (QED) is 0.687. The van der Waals surface area contributed by atoms with E-state index in [9.17, 15) is 5.11 Å². The van der Waals surface area contributed by atoms with Gasteiger partial charge in [-0.15, -0.1) is 0 Å². The Kier molecular flexibility index (Phi) is 4.18. The molecule has 2 aliphatic rings. The van der Waals surface area contributed by atoms with E-state index in [-0.39, 0.29) is 17.2 Å². The normalized spacial score (nSPS) is 25.7. The number of phenols is 1. The lowest BCUT2D eigenvalue weighted by molar-refractivity contribution is -0.0128. The van der Waals surface area contributed by atoms with Gasteiger partial charge in [-0.05, 0) is 49.8 Å². The maximum atomic E-state index is 10.0. The van der Waals surface area contributed by atoms with Crippen LogP contribution in [-0.4, -0.2) is 28.6 Å². The van der Waals surface area contributed by atoms with E-state index in [1.807, 2.05) is 18.2 Å². The van der Waals surface area contributed by atoms with E-state index in [1.54, 1.807) is 19.2 Å². The third-order valence-corrected chi connectivity index (χ3v) is 5.43. The van der Waals surface area contributed by atoms with Crippen molar-refractivity contribution in [2.75, 3.05) is 7.11 Å². The summed E-state index contributed by atoms with van der Waals surface area (Å²) in [5.41, 5.74) is 1.36. The molecule has 0 unspecified atom stereocenters. The number of fused-ring (bicyclic) bond motifs is 1. The Morgan fingerprint density at radius 1 is 1.19 bits per heavy atom. The van der Waals surface area contributed by atoms with Crippen LogP contribution in [0.25, 0.3) is 0 Å². The van der Waals surface area contributed by atoms with E-state index >= 15 is 0 Å². The highest BCUT2D eigenvalue weighted by Crippen LogP contribution is 2.47. The summed E-state index contributed by atoms with van der Waals surface area (Å²) >= 11 is 5.46. The van der Waals surface area contributed by atoms with Crippen LogP contribution in [0.2, 0.25) is 0 Å². The van der Waals surface area contributed by atoms with Crippen LogP contribution in [0.1, 0.15) is 43.7 Å². The van der Waals surface area contributed by atoms with E-state index in [0.717, 1.165) is 29.7 Å². The minimum Gasteiger partial charge on any atom is -0.508 e. The first kappa shape index (κ1) is 17.9. The van der Waals surface area contributed by atoms with Crippen molar-refractivity contribution in [2.24, 2.45) is 0 Å². The molecule has 2 aromatic rings. The second-order valence-electron chi connectivity index (χ2n) is 7.99. The summed E-state index contributed by atoms with van der Waals surface area (Å²) in [5, 5.41) is 17.3. The number of rotatable bonds is 2. The number of benzene rings is 2. The Morgan fingerprint density at radius 3 is 2.74 bits per heavy atom. The number of phenolic OH excluding ortho intramolecular Hbond substituents is 1. The third kappa shape index (κ3) is 3.41. The molecular weight excluding hydrogens is 360 g/mol. The fourth-order valence-corrected chi connectivity index (χ4v) is 4.74. The zero-order valence-electron chi connectivity index (χ0n) is 15.7. The van der Waals surface area contributed by atoms with Gasteiger partial charge in [0.2, 0.25) is 0 Å². The first-order chi connectivity index (χ1) is 12.8. The molecule has 5 nitrogen and oxygen atoms in total. The Morgan fingerprint density at radius 2 is 2.00 bits per heavy atom. The molecule has 142 valence electrons. The van der Waals surface area contributed by atoms with Crippen molar-refractivity contribution >= 4 is 17.3 Å². The standard InChI is InChI=1S/C21H24N2O3S/c1-20(2)12-21(23-19(27)22-20)11-17(13-5-4-6-15(9-13)25-3)16-8-7-14(24)10-18(16)26-21/h4-10,17,24H,11-12H2,1-3H3,(H2,22,23,27)/t17-,21-/m1/s1. The molecular formula is C21H24N2O3S. The summed E-state index contributed by atoms with van der Waals surface area (Å²) in [4.78, 5) is 0. The fourth-order valence-electron chi connectivity index (χ4n) is 4.28. The van der Waals surface area contributed by atoms with E-state index in [4.69, 9.17) is 21.7 Å². The van der Waals surface area contributed by atoms with Gasteiger partial charge in [0.25, 0.3) is 0 Å². The first-order valence-corrected chi connectivity index (χ1v) is 9.46. The van der Waals surface area contributed by atoms with Crippen LogP contribution in [0.4, 0.5) is 0 Å². The van der Waals surface area contributed by atoms with Crippen LogP contribution in [0.3, 0.4) is 0 Å². The molecule has 0 saturated carbocycles. The molecule has 0 aliphatic carbocycles. The monoisotopic (exact) mass is 384 g/mol. The van der Waals surface area contributed by atoms with Gasteiger partial charge in [-0.25, -0.2) is 0 Å². The lowest BCUT2D eigenvalue weighted by Gasteiger charge is -2.50. The SMILES string of the molecule is COc1cccc([C@H]2C[C@]3(CC(C)(C)NC(=S)N3)Oc3cc(O)ccc32)c1. The van der Waals surface area contributed by atoms with Crippen LogP contribution < -0.4 is 20.1 Å². The average molecular weight is 385 g/mol. The second kappa shape index (κ2) is 6.30. The van der Waals surface area contributed by atoms with Gasteiger partial charge in [0.05, 0.1) is 7.11 Å². The highest BCUT2D eigenvalue weighted by atomic mass is 32.1. The van der Waals surface area contributed by atoms with Crippen LogP contribution >= 0.6 is 12.2 Å².